The number of anilines is 1. The molecule has 0 saturated heterocycles. The lowest BCUT2D eigenvalue weighted by atomic mass is 10.0. The Morgan fingerprint density at radius 1 is 1.46 bits per heavy atom. The molecular formula is C10H11BrClN. The lowest BCUT2D eigenvalue weighted by molar-refractivity contribution is 0.742. The van der Waals surface area contributed by atoms with Crippen LogP contribution in [0.15, 0.2) is 16.6 Å². The molecule has 0 N–H and O–H groups in total. The number of hydrogen-bond donors (Lipinski definition) is 0. The Balaban J connectivity index is 2.56. The highest BCUT2D eigenvalue weighted by molar-refractivity contribution is 9.10. The van der Waals surface area contributed by atoms with E-state index in [1.54, 1.807) is 0 Å². The van der Waals surface area contributed by atoms with Crippen molar-refractivity contribution < 1.29 is 0 Å². The van der Waals surface area contributed by atoms with Gasteiger partial charge in [-0.25, -0.2) is 0 Å². The van der Waals surface area contributed by atoms with E-state index in [2.05, 4.69) is 33.9 Å². The molecule has 1 nitrogen and oxygen atoms in total. The molecule has 70 valence electrons. The van der Waals surface area contributed by atoms with Gasteiger partial charge in [0.1, 0.15) is 0 Å². The lowest BCUT2D eigenvalue weighted by Gasteiger charge is -2.28. The first-order chi connectivity index (χ1) is 6.18. The van der Waals surface area contributed by atoms with E-state index >= 15 is 0 Å². The van der Waals surface area contributed by atoms with E-state index in [0.717, 1.165) is 22.5 Å². The number of fused-ring (bicyclic) bond motifs is 1. The molecule has 0 aliphatic carbocycles. The average molecular weight is 261 g/mol. The summed E-state index contributed by atoms with van der Waals surface area (Å²) in [5.41, 5.74) is 2.66. The van der Waals surface area contributed by atoms with Crippen LogP contribution in [0.3, 0.4) is 0 Å². The summed E-state index contributed by atoms with van der Waals surface area (Å²) < 4.78 is 1.11. The number of aryl methyl sites for hydroxylation is 1. The van der Waals surface area contributed by atoms with Gasteiger partial charge >= 0.3 is 0 Å². The van der Waals surface area contributed by atoms with Crippen molar-refractivity contribution in [1.82, 2.24) is 0 Å². The fraction of sp³-hybridized carbons (Fsp3) is 0.400. The van der Waals surface area contributed by atoms with Crippen molar-refractivity contribution in [3.8, 4) is 0 Å². The van der Waals surface area contributed by atoms with Crippen LogP contribution in [0, 0.1) is 0 Å². The van der Waals surface area contributed by atoms with Crippen molar-refractivity contribution in [2.24, 2.45) is 0 Å². The molecule has 13 heavy (non-hydrogen) atoms. The first-order valence-electron chi connectivity index (χ1n) is 4.37. The molecule has 0 saturated carbocycles. The van der Waals surface area contributed by atoms with E-state index in [0.29, 0.717) is 0 Å². The van der Waals surface area contributed by atoms with Gasteiger partial charge in [0, 0.05) is 23.1 Å². The van der Waals surface area contributed by atoms with Gasteiger partial charge in [0.05, 0.1) is 5.69 Å². The SMILES string of the molecule is CN1CCCc2cc(Cl)cc(Br)c21. The van der Waals surface area contributed by atoms with Crippen LogP contribution in [0.2, 0.25) is 5.02 Å². The minimum atomic E-state index is 0.820. The quantitative estimate of drug-likeness (QED) is 0.690. The van der Waals surface area contributed by atoms with Crippen LogP contribution in [-0.2, 0) is 6.42 Å². The maximum Gasteiger partial charge on any atom is 0.0541 e. The van der Waals surface area contributed by atoms with Gasteiger partial charge in [0.2, 0.25) is 0 Å². The predicted octanol–water partition coefficient (Wildman–Crippen LogP) is 3.48. The van der Waals surface area contributed by atoms with Gasteiger partial charge in [-0.15, -0.1) is 0 Å². The minimum Gasteiger partial charge on any atom is -0.373 e. The molecule has 1 aliphatic heterocycles. The van der Waals surface area contributed by atoms with E-state index in [4.69, 9.17) is 11.6 Å². The van der Waals surface area contributed by atoms with E-state index in [-0.39, 0.29) is 0 Å². The topological polar surface area (TPSA) is 3.24 Å². The zero-order valence-electron chi connectivity index (χ0n) is 7.48. The lowest BCUT2D eigenvalue weighted by Crippen LogP contribution is -2.25. The van der Waals surface area contributed by atoms with Gasteiger partial charge in [0.15, 0.2) is 0 Å². The maximum atomic E-state index is 5.98. The Morgan fingerprint density at radius 3 is 3.00 bits per heavy atom. The van der Waals surface area contributed by atoms with Crippen LogP contribution >= 0.6 is 27.5 Å². The van der Waals surface area contributed by atoms with E-state index in [1.165, 1.54) is 17.7 Å². The average Bonchev–Trinajstić information content (AvgIpc) is 2.02. The second kappa shape index (κ2) is 3.50. The van der Waals surface area contributed by atoms with Crippen molar-refractivity contribution in [1.29, 1.82) is 0 Å². The molecular weight excluding hydrogens is 249 g/mol. The third-order valence-corrected chi connectivity index (χ3v) is 3.25. The van der Waals surface area contributed by atoms with Crippen molar-refractivity contribution in [3.05, 3.63) is 27.2 Å². The predicted molar refractivity (Wildman–Crippen MR) is 60.7 cm³/mol. The van der Waals surface area contributed by atoms with Crippen molar-refractivity contribution in [2.75, 3.05) is 18.5 Å². The molecule has 1 aromatic rings. The number of hydrogen-bond acceptors (Lipinski definition) is 1. The monoisotopic (exact) mass is 259 g/mol. The summed E-state index contributed by atoms with van der Waals surface area (Å²) >= 11 is 9.53. The summed E-state index contributed by atoms with van der Waals surface area (Å²) in [4.78, 5) is 2.28. The maximum absolute atomic E-state index is 5.98. The van der Waals surface area contributed by atoms with Gasteiger partial charge in [-0.05, 0) is 46.5 Å². The zero-order chi connectivity index (χ0) is 9.42. The van der Waals surface area contributed by atoms with Gasteiger partial charge in [-0.3, -0.25) is 0 Å². The highest BCUT2D eigenvalue weighted by Crippen LogP contribution is 2.36. The first-order valence-corrected chi connectivity index (χ1v) is 5.54. The van der Waals surface area contributed by atoms with Gasteiger partial charge in [0.25, 0.3) is 0 Å². The molecule has 0 fully saturated rings. The summed E-state index contributed by atoms with van der Waals surface area (Å²) in [5.74, 6) is 0. The highest BCUT2D eigenvalue weighted by Gasteiger charge is 2.16. The fourth-order valence-corrected chi connectivity index (χ4v) is 3.03. The summed E-state index contributed by atoms with van der Waals surface area (Å²) in [7, 11) is 2.12. The standard InChI is InChI=1S/C10H11BrClN/c1-13-4-2-3-7-5-8(12)6-9(11)10(7)13/h5-6H,2-4H2,1H3. The third-order valence-electron chi connectivity index (χ3n) is 2.43. The number of rotatable bonds is 0. The van der Waals surface area contributed by atoms with Crippen molar-refractivity contribution in [3.63, 3.8) is 0 Å². The minimum absolute atomic E-state index is 0.820. The van der Waals surface area contributed by atoms with Crippen LogP contribution in [0.5, 0.6) is 0 Å². The van der Waals surface area contributed by atoms with Gasteiger partial charge in [-0.2, -0.15) is 0 Å². The Morgan fingerprint density at radius 2 is 2.23 bits per heavy atom. The molecule has 0 aromatic heterocycles. The Labute approximate surface area is 91.8 Å². The first kappa shape index (κ1) is 9.35. The molecule has 0 amide bonds. The summed E-state index contributed by atoms with van der Waals surface area (Å²) in [6, 6.07) is 4.03. The van der Waals surface area contributed by atoms with Crippen molar-refractivity contribution in [2.45, 2.75) is 12.8 Å². The smallest absolute Gasteiger partial charge is 0.0541 e. The van der Waals surface area contributed by atoms with Gasteiger partial charge < -0.3 is 4.90 Å². The molecule has 0 bridgehead atoms. The Kier molecular flexibility index (Phi) is 2.52. The second-order valence-corrected chi connectivity index (χ2v) is 4.71. The normalized spacial score (nSPS) is 15.8. The molecule has 2 rings (SSSR count). The van der Waals surface area contributed by atoms with Crippen LogP contribution < -0.4 is 4.90 Å². The van der Waals surface area contributed by atoms with Crippen LogP contribution in [0.4, 0.5) is 5.69 Å². The zero-order valence-corrected chi connectivity index (χ0v) is 9.82. The van der Waals surface area contributed by atoms with Crippen LogP contribution in [0.1, 0.15) is 12.0 Å². The second-order valence-electron chi connectivity index (χ2n) is 3.42. The molecule has 0 atom stereocenters. The van der Waals surface area contributed by atoms with Gasteiger partial charge in [-0.1, -0.05) is 11.6 Å². The molecule has 3 heteroatoms. The number of nitrogens with zero attached hydrogens (tertiary/aromatic N) is 1. The summed E-state index contributed by atoms with van der Waals surface area (Å²) in [6.07, 6.45) is 2.36. The molecule has 0 spiro atoms. The molecule has 0 radical (unpaired) electrons. The third kappa shape index (κ3) is 1.70. The Bertz CT molecular complexity index is 338. The van der Waals surface area contributed by atoms with Crippen LogP contribution in [0.25, 0.3) is 0 Å². The largest absolute Gasteiger partial charge is 0.373 e. The molecule has 1 aliphatic rings. The number of benzene rings is 1. The van der Waals surface area contributed by atoms with Crippen molar-refractivity contribution >= 4 is 33.2 Å². The van der Waals surface area contributed by atoms with E-state index < -0.39 is 0 Å². The summed E-state index contributed by atoms with van der Waals surface area (Å²) in [5, 5.41) is 0.820. The highest BCUT2D eigenvalue weighted by atomic mass is 79.9. The summed E-state index contributed by atoms with van der Waals surface area (Å²) in [6.45, 7) is 1.13. The molecule has 0 unspecified atom stereocenters. The van der Waals surface area contributed by atoms with Crippen LogP contribution in [-0.4, -0.2) is 13.6 Å². The number of halogens is 2. The molecule has 1 heterocycles. The fourth-order valence-electron chi connectivity index (χ4n) is 1.86. The van der Waals surface area contributed by atoms with E-state index in [1.807, 2.05) is 6.07 Å². The van der Waals surface area contributed by atoms with E-state index in [9.17, 15) is 0 Å². The Hall–Kier alpha value is -0.210. The molecule has 1 aromatic carbocycles.